The highest BCUT2D eigenvalue weighted by Gasteiger charge is 2.43. The number of carbonyl (C=O) groups is 1. The third-order valence-electron chi connectivity index (χ3n) is 6.81. The predicted molar refractivity (Wildman–Crippen MR) is 132 cm³/mol. The van der Waals surface area contributed by atoms with E-state index in [1.165, 1.54) is 34.9 Å². The quantitative estimate of drug-likeness (QED) is 0.311. The summed E-state index contributed by atoms with van der Waals surface area (Å²) in [4.78, 5) is 17.6. The summed E-state index contributed by atoms with van der Waals surface area (Å²) in [7, 11) is 1.45. The minimum atomic E-state index is -0.106. The van der Waals surface area contributed by atoms with Gasteiger partial charge in [0.15, 0.2) is 5.84 Å². The van der Waals surface area contributed by atoms with Crippen molar-refractivity contribution in [1.82, 2.24) is 5.32 Å². The molecule has 2 aliphatic rings. The number of aryl methyl sites for hydroxylation is 2. The maximum absolute atomic E-state index is 12.9. The van der Waals surface area contributed by atoms with E-state index in [2.05, 4.69) is 36.5 Å². The number of rotatable bonds is 7. The number of oxime groups is 1. The Hall–Kier alpha value is -3.64. The van der Waals surface area contributed by atoms with Crippen LogP contribution in [0.3, 0.4) is 0 Å². The van der Waals surface area contributed by atoms with Crippen molar-refractivity contribution < 1.29 is 14.4 Å². The number of fused-ring (bicyclic) bond motifs is 8. The highest BCUT2D eigenvalue weighted by molar-refractivity contribution is 5.97. The summed E-state index contributed by atoms with van der Waals surface area (Å²) in [6, 6.07) is 18.1. The lowest BCUT2D eigenvalue weighted by molar-refractivity contribution is 0.0857. The van der Waals surface area contributed by atoms with Crippen LogP contribution < -0.4 is 11.1 Å². The SMILES string of the molecule is CCc1cc2c(cc1CC)C1OC2c2ccc(C(=O)NCc3ccc(/C(N)=N/OC)cc3)cc21. The standard InChI is InChI=1S/C28H29N3O3/c1-4-17-12-23-24(13-18(17)5-2)26-22-14-20(10-11-21(22)25(23)34-26)28(32)30-15-16-6-8-19(9-7-16)27(29)31-33-3/h6-14,25-26H,4-5,15H2,1-3H3,(H2,29,31)(H,30,32). The van der Waals surface area contributed by atoms with E-state index in [0.29, 0.717) is 17.9 Å². The first-order valence-electron chi connectivity index (χ1n) is 11.7. The third kappa shape index (κ3) is 3.74. The minimum Gasteiger partial charge on any atom is -0.397 e. The second-order valence-corrected chi connectivity index (χ2v) is 8.74. The van der Waals surface area contributed by atoms with Crippen molar-refractivity contribution in [2.45, 2.75) is 45.4 Å². The van der Waals surface area contributed by atoms with Crippen LogP contribution >= 0.6 is 0 Å². The average Bonchev–Trinajstić information content (AvgIpc) is 3.43. The monoisotopic (exact) mass is 455 g/mol. The maximum atomic E-state index is 12.9. The fourth-order valence-corrected chi connectivity index (χ4v) is 5.01. The van der Waals surface area contributed by atoms with Gasteiger partial charge in [-0.1, -0.05) is 61.5 Å². The normalized spacial score (nSPS) is 17.9. The number of nitrogens with two attached hydrogens (primary N) is 1. The van der Waals surface area contributed by atoms with Gasteiger partial charge in [-0.05, 0) is 63.9 Å². The number of amides is 1. The molecule has 0 aromatic heterocycles. The van der Waals surface area contributed by atoms with Crippen LogP contribution in [0.5, 0.6) is 0 Å². The molecule has 3 aromatic carbocycles. The van der Waals surface area contributed by atoms with Gasteiger partial charge in [-0.25, -0.2) is 0 Å². The van der Waals surface area contributed by atoms with Crippen molar-refractivity contribution >= 4 is 11.7 Å². The van der Waals surface area contributed by atoms with Crippen molar-refractivity contribution in [3.63, 3.8) is 0 Å². The molecule has 0 radical (unpaired) electrons. The van der Waals surface area contributed by atoms with Crippen molar-refractivity contribution in [3.05, 3.63) is 105 Å². The first kappa shape index (κ1) is 22.2. The van der Waals surface area contributed by atoms with Crippen LogP contribution in [0, 0.1) is 0 Å². The summed E-state index contributed by atoms with van der Waals surface area (Å²) < 4.78 is 6.36. The molecule has 2 aliphatic heterocycles. The van der Waals surface area contributed by atoms with Crippen molar-refractivity contribution in [2.75, 3.05) is 7.11 Å². The van der Waals surface area contributed by atoms with Crippen LogP contribution in [0.15, 0.2) is 59.8 Å². The Morgan fingerprint density at radius 1 is 0.912 bits per heavy atom. The van der Waals surface area contributed by atoms with Gasteiger partial charge < -0.3 is 20.6 Å². The van der Waals surface area contributed by atoms with Gasteiger partial charge in [0.25, 0.3) is 5.91 Å². The summed E-state index contributed by atoms with van der Waals surface area (Å²) in [5.41, 5.74) is 15.8. The summed E-state index contributed by atoms with van der Waals surface area (Å²) >= 11 is 0. The zero-order valence-corrected chi connectivity index (χ0v) is 19.7. The van der Waals surface area contributed by atoms with Gasteiger partial charge in [-0.15, -0.1) is 0 Å². The molecular formula is C28H29N3O3. The lowest BCUT2D eigenvalue weighted by Crippen LogP contribution is -2.23. The van der Waals surface area contributed by atoms with Gasteiger partial charge in [0.2, 0.25) is 0 Å². The van der Waals surface area contributed by atoms with E-state index in [9.17, 15) is 4.79 Å². The van der Waals surface area contributed by atoms with E-state index in [1.54, 1.807) is 0 Å². The maximum Gasteiger partial charge on any atom is 0.251 e. The first-order valence-corrected chi connectivity index (χ1v) is 11.7. The van der Waals surface area contributed by atoms with E-state index < -0.39 is 0 Å². The number of hydrogen-bond acceptors (Lipinski definition) is 4. The lowest BCUT2D eigenvalue weighted by atomic mass is 9.82. The Bertz CT molecular complexity index is 1280. The number of ether oxygens (including phenoxy) is 1. The number of benzene rings is 3. The Morgan fingerprint density at radius 3 is 2.12 bits per heavy atom. The van der Waals surface area contributed by atoms with E-state index >= 15 is 0 Å². The largest absolute Gasteiger partial charge is 0.397 e. The topological polar surface area (TPSA) is 85.9 Å². The second kappa shape index (κ2) is 8.95. The lowest BCUT2D eigenvalue weighted by Gasteiger charge is -2.19. The number of amidine groups is 1. The van der Waals surface area contributed by atoms with Crippen LogP contribution in [0.4, 0.5) is 0 Å². The number of hydrogen-bond donors (Lipinski definition) is 2. The molecule has 2 atom stereocenters. The van der Waals surface area contributed by atoms with Gasteiger partial charge in [0, 0.05) is 17.7 Å². The molecule has 1 amide bonds. The predicted octanol–water partition coefficient (Wildman–Crippen LogP) is 4.53. The molecule has 3 N–H and O–H groups in total. The van der Waals surface area contributed by atoms with Gasteiger partial charge in [-0.3, -0.25) is 4.79 Å². The Kier molecular flexibility index (Phi) is 5.84. The average molecular weight is 456 g/mol. The van der Waals surface area contributed by atoms with E-state index in [4.69, 9.17) is 15.3 Å². The molecule has 0 saturated heterocycles. The van der Waals surface area contributed by atoms with Gasteiger partial charge >= 0.3 is 0 Å². The van der Waals surface area contributed by atoms with E-state index in [-0.39, 0.29) is 18.1 Å². The Morgan fingerprint density at radius 2 is 1.50 bits per heavy atom. The Labute approximate surface area is 199 Å². The second-order valence-electron chi connectivity index (χ2n) is 8.74. The third-order valence-corrected chi connectivity index (χ3v) is 6.81. The molecule has 6 heteroatoms. The van der Waals surface area contributed by atoms with E-state index in [0.717, 1.165) is 29.5 Å². The van der Waals surface area contributed by atoms with Crippen LogP contribution in [-0.2, 0) is 29.0 Å². The van der Waals surface area contributed by atoms with Crippen LogP contribution in [0.2, 0.25) is 0 Å². The molecular weight excluding hydrogens is 426 g/mol. The van der Waals surface area contributed by atoms with Crippen molar-refractivity contribution in [1.29, 1.82) is 0 Å². The zero-order valence-electron chi connectivity index (χ0n) is 19.7. The highest BCUT2D eigenvalue weighted by atomic mass is 16.6. The number of carbonyl (C=O) groups excluding carboxylic acids is 1. The molecule has 0 spiro atoms. The fraction of sp³-hybridized carbons (Fsp3) is 0.286. The molecule has 3 aromatic rings. The van der Waals surface area contributed by atoms with E-state index in [1.807, 2.05) is 42.5 Å². The molecule has 0 aliphatic carbocycles. The van der Waals surface area contributed by atoms with Gasteiger partial charge in [-0.2, -0.15) is 0 Å². The Balaban J connectivity index is 1.31. The molecule has 2 heterocycles. The summed E-state index contributed by atoms with van der Waals surface area (Å²) in [5, 5.41) is 6.74. The highest BCUT2D eigenvalue weighted by Crippen LogP contribution is 2.54. The van der Waals surface area contributed by atoms with Gasteiger partial charge in [0.1, 0.15) is 19.3 Å². The fourth-order valence-electron chi connectivity index (χ4n) is 5.01. The number of nitrogens with one attached hydrogen (secondary N) is 1. The first-order chi connectivity index (χ1) is 16.5. The summed E-state index contributed by atoms with van der Waals surface area (Å²) in [6.07, 6.45) is 1.91. The van der Waals surface area contributed by atoms with Crippen LogP contribution in [0.1, 0.15) is 80.9 Å². The molecule has 2 bridgehead atoms. The van der Waals surface area contributed by atoms with Crippen molar-refractivity contribution in [3.8, 4) is 0 Å². The molecule has 6 nitrogen and oxygen atoms in total. The molecule has 5 rings (SSSR count). The molecule has 2 unspecified atom stereocenters. The van der Waals surface area contributed by atoms with Crippen LogP contribution in [0.25, 0.3) is 0 Å². The van der Waals surface area contributed by atoms with Crippen LogP contribution in [-0.4, -0.2) is 18.9 Å². The molecule has 0 fully saturated rings. The zero-order chi connectivity index (χ0) is 23.8. The van der Waals surface area contributed by atoms with Gasteiger partial charge in [0.05, 0.1) is 0 Å². The molecule has 0 saturated carbocycles. The smallest absolute Gasteiger partial charge is 0.251 e. The minimum absolute atomic E-state index is 0.0316. The van der Waals surface area contributed by atoms with Crippen molar-refractivity contribution in [2.24, 2.45) is 10.9 Å². The summed E-state index contributed by atoms with van der Waals surface area (Å²) in [5.74, 6) is 0.206. The summed E-state index contributed by atoms with van der Waals surface area (Å²) in [6.45, 7) is 4.82. The number of nitrogens with zero attached hydrogens (tertiary/aromatic N) is 1. The molecule has 34 heavy (non-hydrogen) atoms. The molecule has 174 valence electrons.